The number of ether oxygens (including phenoxy) is 1. The number of hydrogen-bond donors (Lipinski definition) is 3. The third-order valence-electron chi connectivity index (χ3n) is 10.4. The lowest BCUT2D eigenvalue weighted by atomic mass is 9.91. The Labute approximate surface area is 306 Å². The number of aliphatic carboxylic acids is 1. The minimum atomic E-state index is -0.945. The summed E-state index contributed by atoms with van der Waals surface area (Å²) in [5.41, 5.74) is 0.402. The van der Waals surface area contributed by atoms with E-state index in [-0.39, 0.29) is 42.2 Å². The molecule has 0 aliphatic carbocycles. The molecule has 12 nitrogen and oxygen atoms in total. The molecule has 51 heavy (non-hydrogen) atoms. The summed E-state index contributed by atoms with van der Waals surface area (Å²) in [4.78, 5) is 73.5. The van der Waals surface area contributed by atoms with Crippen LogP contribution in [-0.4, -0.2) is 93.9 Å². The second-order valence-electron chi connectivity index (χ2n) is 14.6. The zero-order chi connectivity index (χ0) is 38.0. The minimum absolute atomic E-state index is 0.0542. The van der Waals surface area contributed by atoms with Gasteiger partial charge in [-0.1, -0.05) is 71.4 Å². The summed E-state index contributed by atoms with van der Waals surface area (Å²) in [6.45, 7) is 13.6. The number of thiazole rings is 1. The van der Waals surface area contributed by atoms with Crippen LogP contribution in [0.3, 0.4) is 0 Å². The Morgan fingerprint density at radius 3 is 2.29 bits per heavy atom. The molecule has 3 amide bonds. The molecule has 282 valence electrons. The van der Waals surface area contributed by atoms with Gasteiger partial charge < -0.3 is 25.4 Å². The van der Waals surface area contributed by atoms with Crippen LogP contribution in [0.1, 0.15) is 108 Å². The van der Waals surface area contributed by atoms with Crippen LogP contribution >= 0.6 is 11.3 Å². The molecule has 0 unspecified atom stereocenters. The monoisotopic (exact) mass is 727 g/mol. The quantitative estimate of drug-likeness (QED) is 0.178. The number of carbonyl (C=O) groups is 5. The highest BCUT2D eigenvalue weighted by atomic mass is 32.1. The van der Waals surface area contributed by atoms with Crippen molar-refractivity contribution >= 4 is 41.0 Å². The van der Waals surface area contributed by atoms with E-state index in [1.54, 1.807) is 24.3 Å². The second kappa shape index (κ2) is 18.6. The summed E-state index contributed by atoms with van der Waals surface area (Å²) in [5, 5.41) is 17.6. The molecule has 1 aromatic carbocycles. The van der Waals surface area contributed by atoms with Crippen LogP contribution in [0.4, 0.5) is 0 Å². The lowest BCUT2D eigenvalue weighted by Crippen LogP contribution is -2.60. The summed E-state index contributed by atoms with van der Waals surface area (Å²) in [6.07, 6.45) is 2.37. The van der Waals surface area contributed by atoms with Crippen LogP contribution < -0.4 is 10.6 Å². The van der Waals surface area contributed by atoms with Crippen molar-refractivity contribution in [2.24, 2.45) is 17.8 Å². The molecule has 1 aliphatic heterocycles. The number of amides is 3. The highest BCUT2D eigenvalue weighted by Crippen LogP contribution is 2.32. The molecule has 3 N–H and O–H groups in total. The van der Waals surface area contributed by atoms with Crippen LogP contribution in [0.15, 0.2) is 35.7 Å². The molecule has 2 aromatic rings. The molecule has 0 saturated carbocycles. The lowest BCUT2D eigenvalue weighted by molar-refractivity contribution is -0.149. The summed E-state index contributed by atoms with van der Waals surface area (Å²) >= 11 is 1.18. The first kappa shape index (κ1) is 41.6. The Balaban J connectivity index is 1.82. The van der Waals surface area contributed by atoms with Crippen LogP contribution in [0, 0.1) is 17.8 Å². The Morgan fingerprint density at radius 2 is 1.75 bits per heavy atom. The van der Waals surface area contributed by atoms with Crippen molar-refractivity contribution in [3.8, 4) is 0 Å². The zero-order valence-corrected chi connectivity index (χ0v) is 32.4. The summed E-state index contributed by atoms with van der Waals surface area (Å²) in [7, 11) is 3.65. The number of esters is 1. The van der Waals surface area contributed by atoms with Crippen molar-refractivity contribution in [2.45, 2.75) is 117 Å². The molecule has 0 bridgehead atoms. The van der Waals surface area contributed by atoms with Gasteiger partial charge in [0.05, 0.1) is 11.5 Å². The number of carboxylic acid groups (broad SMARTS) is 1. The lowest BCUT2D eigenvalue weighted by Gasteiger charge is -2.38. The highest BCUT2D eigenvalue weighted by molar-refractivity contribution is 7.09. The van der Waals surface area contributed by atoms with Gasteiger partial charge >= 0.3 is 11.9 Å². The number of aromatic nitrogens is 1. The number of nitrogens with one attached hydrogen (secondary N) is 2. The van der Waals surface area contributed by atoms with Gasteiger partial charge in [-0.25, -0.2) is 4.98 Å². The maximum absolute atomic E-state index is 14.2. The fraction of sp³-hybridized carbons (Fsp3) is 0.632. The first-order valence-electron chi connectivity index (χ1n) is 18.0. The number of rotatable bonds is 18. The smallest absolute Gasteiger partial charge is 0.306 e. The van der Waals surface area contributed by atoms with Gasteiger partial charge in [-0.3, -0.25) is 28.9 Å². The van der Waals surface area contributed by atoms with E-state index in [9.17, 15) is 29.1 Å². The van der Waals surface area contributed by atoms with Gasteiger partial charge in [-0.15, -0.1) is 11.3 Å². The largest absolute Gasteiger partial charge is 0.481 e. The van der Waals surface area contributed by atoms with E-state index in [0.29, 0.717) is 24.3 Å². The van der Waals surface area contributed by atoms with Crippen molar-refractivity contribution < 1.29 is 33.8 Å². The third-order valence-corrected chi connectivity index (χ3v) is 11.3. The number of nitrogens with zero attached hydrogens (tertiary/aromatic N) is 3. The van der Waals surface area contributed by atoms with E-state index in [2.05, 4.69) is 15.6 Å². The average Bonchev–Trinajstić information content (AvgIpc) is 3.71. The molecule has 1 aliphatic rings. The second-order valence-corrected chi connectivity index (χ2v) is 15.5. The Morgan fingerprint density at radius 1 is 1.08 bits per heavy atom. The molecule has 1 saturated heterocycles. The topological polar surface area (TPSA) is 158 Å². The standard InChI is InChI=1S/C38H57N5O7S/c1-10-24(4)32(41-37(49)38(7)17-14-18-42(38)8)35(46)43(9)30(23(2)3)21-31(50-26(6)44)34-40-29(22-51-34)33(45)39-28(19-25(5)36(47)48)20-27-15-12-11-13-16-27/h11-13,15-16,22-25,28,30-32H,10,14,17-21H2,1-9H3,(H,39,45)(H,41,49)(H,47,48)/t24-,25-,28+,30+,31+,32-,38+/m0/s1. The molecule has 1 aromatic heterocycles. The molecule has 13 heteroatoms. The number of benzene rings is 1. The van der Waals surface area contributed by atoms with Gasteiger partial charge in [-0.05, 0) is 63.6 Å². The predicted molar refractivity (Wildman–Crippen MR) is 197 cm³/mol. The van der Waals surface area contributed by atoms with Crippen molar-refractivity contribution in [1.82, 2.24) is 25.4 Å². The molecule has 0 radical (unpaired) electrons. The number of hydrogen-bond acceptors (Lipinski definition) is 9. The van der Waals surface area contributed by atoms with Gasteiger partial charge in [0.1, 0.15) is 16.7 Å². The van der Waals surface area contributed by atoms with E-state index in [0.717, 1.165) is 18.5 Å². The number of carboxylic acids is 1. The molecule has 3 rings (SSSR count). The average molecular weight is 728 g/mol. The first-order chi connectivity index (χ1) is 24.0. The van der Waals surface area contributed by atoms with E-state index in [4.69, 9.17) is 4.74 Å². The Hall–Kier alpha value is -3.84. The Kier molecular flexibility index (Phi) is 15.2. The third kappa shape index (κ3) is 11.1. The SMILES string of the molecule is CC[C@H](C)[C@H](NC(=O)[C@@]1(C)CCCN1C)C(=O)N(C)[C@H](C[C@@H](OC(C)=O)c1nc(C(=O)N[C@@H](Cc2ccccc2)C[C@H](C)C(=O)O)cs1)C(C)C. The van der Waals surface area contributed by atoms with Crippen molar-refractivity contribution in [2.75, 3.05) is 20.6 Å². The maximum atomic E-state index is 14.2. The Bertz CT molecular complexity index is 1500. The summed E-state index contributed by atoms with van der Waals surface area (Å²) < 4.78 is 5.76. The van der Waals surface area contributed by atoms with Gasteiger partial charge in [0.15, 0.2) is 6.10 Å². The zero-order valence-electron chi connectivity index (χ0n) is 31.6. The molecule has 0 spiro atoms. The van der Waals surface area contributed by atoms with E-state index >= 15 is 0 Å². The number of likely N-dealkylation sites (tertiary alicyclic amines) is 1. The normalized spacial score (nSPS) is 19.7. The number of carbonyl (C=O) groups excluding carboxylic acids is 4. The number of likely N-dealkylation sites (N-methyl/N-ethyl adjacent to an activating group) is 2. The van der Waals surface area contributed by atoms with Gasteiger partial charge in [0.25, 0.3) is 5.91 Å². The first-order valence-corrected chi connectivity index (χ1v) is 18.8. The minimum Gasteiger partial charge on any atom is -0.481 e. The summed E-state index contributed by atoms with van der Waals surface area (Å²) in [5.74, 6) is -3.17. The molecule has 1 fully saturated rings. The van der Waals surface area contributed by atoms with Crippen LogP contribution in [-0.2, 0) is 30.3 Å². The van der Waals surface area contributed by atoms with Gasteiger partial charge in [-0.2, -0.15) is 0 Å². The van der Waals surface area contributed by atoms with E-state index in [1.807, 2.05) is 76.9 Å². The molecular formula is C38H57N5O7S. The molecule has 2 heterocycles. The van der Waals surface area contributed by atoms with Gasteiger partial charge in [0, 0.05) is 37.9 Å². The van der Waals surface area contributed by atoms with E-state index < -0.39 is 53.5 Å². The highest BCUT2D eigenvalue weighted by Gasteiger charge is 2.44. The van der Waals surface area contributed by atoms with Crippen molar-refractivity contribution in [3.05, 3.63) is 52.0 Å². The van der Waals surface area contributed by atoms with Crippen molar-refractivity contribution in [1.29, 1.82) is 0 Å². The van der Waals surface area contributed by atoms with Gasteiger partial charge in [0.2, 0.25) is 11.8 Å². The maximum Gasteiger partial charge on any atom is 0.306 e. The fourth-order valence-electron chi connectivity index (χ4n) is 6.66. The van der Waals surface area contributed by atoms with Crippen LogP contribution in [0.5, 0.6) is 0 Å². The van der Waals surface area contributed by atoms with Crippen LogP contribution in [0.2, 0.25) is 0 Å². The molecular weight excluding hydrogens is 671 g/mol. The fourth-order valence-corrected chi connectivity index (χ4v) is 7.50. The summed E-state index contributed by atoms with van der Waals surface area (Å²) in [6, 6.07) is 7.93. The van der Waals surface area contributed by atoms with Crippen LogP contribution in [0.25, 0.3) is 0 Å². The molecule has 7 atom stereocenters. The van der Waals surface area contributed by atoms with E-state index in [1.165, 1.54) is 18.3 Å². The van der Waals surface area contributed by atoms with Crippen molar-refractivity contribution in [3.63, 3.8) is 0 Å². The predicted octanol–water partition coefficient (Wildman–Crippen LogP) is 5.09.